The Hall–Kier alpha value is -1.72. The SMILES string of the molecule is CCNC(=NCC(=O)NC(C)(C)C)NCCc1ccc(OC(F)(F)F)cc1.I. The summed E-state index contributed by atoms with van der Waals surface area (Å²) in [5.74, 6) is 0.0671. The number of rotatable bonds is 7. The predicted octanol–water partition coefficient (Wildman–Crippen LogP) is 3.22. The van der Waals surface area contributed by atoms with E-state index in [4.69, 9.17) is 0 Å². The number of nitrogens with zero attached hydrogens (tertiary/aromatic N) is 1. The molecule has 0 aliphatic rings. The molecule has 1 amide bonds. The highest BCUT2D eigenvalue weighted by Gasteiger charge is 2.30. The summed E-state index contributed by atoms with van der Waals surface area (Å²) >= 11 is 0. The molecule has 1 aromatic carbocycles. The highest BCUT2D eigenvalue weighted by atomic mass is 127. The Kier molecular flexibility index (Phi) is 11.2. The lowest BCUT2D eigenvalue weighted by atomic mass is 10.1. The van der Waals surface area contributed by atoms with Crippen LogP contribution >= 0.6 is 24.0 Å². The van der Waals surface area contributed by atoms with Crippen LogP contribution in [0, 0.1) is 0 Å². The van der Waals surface area contributed by atoms with Crippen molar-refractivity contribution in [3.63, 3.8) is 0 Å². The van der Waals surface area contributed by atoms with Crippen LogP contribution in [0.25, 0.3) is 0 Å². The van der Waals surface area contributed by atoms with Crippen molar-refractivity contribution in [1.82, 2.24) is 16.0 Å². The maximum atomic E-state index is 12.1. The van der Waals surface area contributed by atoms with Gasteiger partial charge in [0.1, 0.15) is 12.3 Å². The van der Waals surface area contributed by atoms with Crippen LogP contribution in [0.3, 0.4) is 0 Å². The first-order valence-electron chi connectivity index (χ1n) is 8.66. The third-order valence-corrected chi connectivity index (χ3v) is 3.10. The zero-order chi connectivity index (χ0) is 20.5. The summed E-state index contributed by atoms with van der Waals surface area (Å²) in [6.07, 6.45) is -4.12. The average Bonchev–Trinajstić information content (AvgIpc) is 2.51. The molecule has 0 spiro atoms. The van der Waals surface area contributed by atoms with Gasteiger partial charge >= 0.3 is 6.36 Å². The molecule has 0 saturated carbocycles. The number of benzene rings is 1. The molecule has 160 valence electrons. The number of guanidine groups is 1. The molecular weight excluding hydrogens is 488 g/mol. The first-order chi connectivity index (χ1) is 12.5. The Labute approximate surface area is 180 Å². The topological polar surface area (TPSA) is 74.8 Å². The standard InChI is InChI=1S/C18H27F3N4O2.HI/c1-5-22-16(24-12-15(26)25-17(2,3)4)23-11-10-13-6-8-14(9-7-13)27-18(19,20)21;/h6-9H,5,10-12H2,1-4H3,(H,25,26)(H2,22,23,24);1H. The third kappa shape index (κ3) is 12.6. The fourth-order valence-corrected chi connectivity index (χ4v) is 2.13. The molecule has 0 aliphatic heterocycles. The van der Waals surface area contributed by atoms with Gasteiger partial charge in [0.15, 0.2) is 5.96 Å². The summed E-state index contributed by atoms with van der Waals surface area (Å²) in [6, 6.07) is 5.70. The average molecular weight is 516 g/mol. The molecule has 0 fully saturated rings. The van der Waals surface area contributed by atoms with Crippen LogP contribution in [-0.4, -0.2) is 43.4 Å². The first-order valence-corrected chi connectivity index (χ1v) is 8.66. The van der Waals surface area contributed by atoms with Crippen molar-refractivity contribution in [2.75, 3.05) is 19.6 Å². The third-order valence-electron chi connectivity index (χ3n) is 3.10. The fourth-order valence-electron chi connectivity index (χ4n) is 2.13. The van der Waals surface area contributed by atoms with E-state index in [-0.39, 0.29) is 47.7 Å². The Bertz CT molecular complexity index is 629. The number of hydrogen-bond acceptors (Lipinski definition) is 3. The summed E-state index contributed by atoms with van der Waals surface area (Å²) in [4.78, 5) is 16.0. The maximum absolute atomic E-state index is 12.1. The zero-order valence-electron chi connectivity index (χ0n) is 16.4. The monoisotopic (exact) mass is 516 g/mol. The number of nitrogens with one attached hydrogen (secondary N) is 3. The second kappa shape index (κ2) is 12.0. The predicted molar refractivity (Wildman–Crippen MR) is 114 cm³/mol. The number of aliphatic imine (C=N–C) groups is 1. The highest BCUT2D eigenvalue weighted by Crippen LogP contribution is 2.22. The van der Waals surface area contributed by atoms with E-state index >= 15 is 0 Å². The van der Waals surface area contributed by atoms with Crippen LogP contribution in [0.1, 0.15) is 33.3 Å². The minimum absolute atomic E-state index is 0. The van der Waals surface area contributed by atoms with Crippen LogP contribution in [-0.2, 0) is 11.2 Å². The summed E-state index contributed by atoms with van der Waals surface area (Å²) in [5, 5.41) is 8.95. The molecule has 1 rings (SSSR count). The van der Waals surface area contributed by atoms with Crippen molar-refractivity contribution >= 4 is 35.8 Å². The van der Waals surface area contributed by atoms with E-state index in [9.17, 15) is 18.0 Å². The molecule has 0 saturated heterocycles. The minimum atomic E-state index is -4.69. The molecule has 10 heteroatoms. The molecule has 3 N–H and O–H groups in total. The molecule has 1 aromatic rings. The van der Waals surface area contributed by atoms with Crippen molar-refractivity contribution in [2.24, 2.45) is 4.99 Å². The molecule has 0 unspecified atom stereocenters. The van der Waals surface area contributed by atoms with Crippen LogP contribution in [0.15, 0.2) is 29.3 Å². The van der Waals surface area contributed by atoms with Crippen LogP contribution in [0.4, 0.5) is 13.2 Å². The number of hydrogen-bond donors (Lipinski definition) is 3. The van der Waals surface area contributed by atoms with E-state index in [1.165, 1.54) is 12.1 Å². The molecule has 0 atom stereocenters. The second-order valence-corrected chi connectivity index (χ2v) is 6.86. The van der Waals surface area contributed by atoms with E-state index in [1.807, 2.05) is 27.7 Å². The number of carbonyl (C=O) groups excluding carboxylic acids is 1. The Morgan fingerprint density at radius 3 is 2.21 bits per heavy atom. The van der Waals surface area contributed by atoms with Crippen molar-refractivity contribution < 1.29 is 22.7 Å². The molecule has 0 heterocycles. The number of ether oxygens (including phenoxy) is 1. The molecule has 0 aromatic heterocycles. The van der Waals surface area contributed by atoms with Crippen molar-refractivity contribution in [1.29, 1.82) is 0 Å². The normalized spacial score (nSPS) is 12.0. The van der Waals surface area contributed by atoms with Gasteiger partial charge in [-0.3, -0.25) is 4.79 Å². The Balaban J connectivity index is 0.00000729. The molecule has 0 aliphatic carbocycles. The van der Waals surface area contributed by atoms with Gasteiger partial charge in [-0.05, 0) is 51.8 Å². The largest absolute Gasteiger partial charge is 0.573 e. The summed E-state index contributed by atoms with van der Waals surface area (Å²) in [7, 11) is 0. The van der Waals surface area contributed by atoms with Gasteiger partial charge in [0, 0.05) is 18.6 Å². The van der Waals surface area contributed by atoms with Crippen molar-refractivity contribution in [3.05, 3.63) is 29.8 Å². The van der Waals surface area contributed by atoms with E-state index in [2.05, 4.69) is 25.7 Å². The first kappa shape index (κ1) is 26.3. The van der Waals surface area contributed by atoms with E-state index in [1.54, 1.807) is 12.1 Å². The van der Waals surface area contributed by atoms with Gasteiger partial charge in [-0.2, -0.15) is 0 Å². The molecule has 28 heavy (non-hydrogen) atoms. The lowest BCUT2D eigenvalue weighted by Gasteiger charge is -2.20. The number of carbonyl (C=O) groups is 1. The van der Waals surface area contributed by atoms with Crippen molar-refractivity contribution in [3.8, 4) is 5.75 Å². The van der Waals surface area contributed by atoms with Gasteiger partial charge in [0.2, 0.25) is 5.91 Å². The van der Waals surface area contributed by atoms with Crippen LogP contribution in [0.2, 0.25) is 0 Å². The molecule has 6 nitrogen and oxygen atoms in total. The fraction of sp³-hybridized carbons (Fsp3) is 0.556. The summed E-state index contributed by atoms with van der Waals surface area (Å²) in [5.41, 5.74) is 0.527. The lowest BCUT2D eigenvalue weighted by Crippen LogP contribution is -2.43. The van der Waals surface area contributed by atoms with Gasteiger partial charge < -0.3 is 20.7 Å². The second-order valence-electron chi connectivity index (χ2n) is 6.86. The number of amides is 1. The van der Waals surface area contributed by atoms with Gasteiger partial charge in [-0.25, -0.2) is 4.99 Å². The molecule has 0 radical (unpaired) electrons. The number of alkyl halides is 3. The Morgan fingerprint density at radius 1 is 1.11 bits per heavy atom. The van der Waals surface area contributed by atoms with Crippen LogP contribution < -0.4 is 20.7 Å². The zero-order valence-corrected chi connectivity index (χ0v) is 18.8. The smallest absolute Gasteiger partial charge is 0.406 e. The maximum Gasteiger partial charge on any atom is 0.573 e. The van der Waals surface area contributed by atoms with E-state index < -0.39 is 6.36 Å². The molecular formula is C18H28F3IN4O2. The highest BCUT2D eigenvalue weighted by molar-refractivity contribution is 14.0. The number of halogens is 4. The van der Waals surface area contributed by atoms with E-state index in [0.29, 0.717) is 25.5 Å². The van der Waals surface area contributed by atoms with Gasteiger partial charge in [0.25, 0.3) is 0 Å². The Morgan fingerprint density at radius 2 is 1.71 bits per heavy atom. The van der Waals surface area contributed by atoms with E-state index in [0.717, 1.165) is 5.56 Å². The van der Waals surface area contributed by atoms with Gasteiger partial charge in [-0.1, -0.05) is 12.1 Å². The summed E-state index contributed by atoms with van der Waals surface area (Å²) < 4.78 is 40.3. The minimum Gasteiger partial charge on any atom is -0.406 e. The lowest BCUT2D eigenvalue weighted by molar-refractivity contribution is -0.274. The summed E-state index contributed by atoms with van der Waals surface area (Å²) in [6.45, 7) is 8.72. The quantitative estimate of drug-likeness (QED) is 0.296. The molecule has 0 bridgehead atoms. The van der Waals surface area contributed by atoms with Gasteiger partial charge in [-0.15, -0.1) is 37.1 Å². The van der Waals surface area contributed by atoms with Gasteiger partial charge in [0.05, 0.1) is 0 Å². The van der Waals surface area contributed by atoms with Crippen molar-refractivity contribution in [2.45, 2.75) is 46.0 Å². The van der Waals surface area contributed by atoms with Crippen LogP contribution in [0.5, 0.6) is 5.75 Å².